The van der Waals surface area contributed by atoms with Crippen molar-refractivity contribution in [3.63, 3.8) is 0 Å². The molecule has 1 amide bonds. The fourth-order valence-electron chi connectivity index (χ4n) is 4.23. The molecule has 0 radical (unpaired) electrons. The highest BCUT2D eigenvalue weighted by molar-refractivity contribution is 8.16. The fourth-order valence-corrected chi connectivity index (χ4v) is 5.70. The molecule has 0 fully saturated rings. The first-order valence-electron chi connectivity index (χ1n) is 9.92. The third-order valence-corrected chi connectivity index (χ3v) is 7.09. The molecule has 2 atom stereocenters. The third kappa shape index (κ3) is 3.49. The van der Waals surface area contributed by atoms with Crippen molar-refractivity contribution < 1.29 is 13.6 Å². The molecule has 4 rings (SSSR count). The third-order valence-electron chi connectivity index (χ3n) is 5.80. The van der Waals surface area contributed by atoms with Gasteiger partial charge in [-0.3, -0.25) is 4.79 Å². The zero-order chi connectivity index (χ0) is 24.1. The largest absolute Gasteiger partial charge is 0.378 e. The predicted molar refractivity (Wildman–Crippen MR) is 123 cm³/mol. The molecule has 2 aliphatic rings. The first-order valence-corrected chi connectivity index (χ1v) is 10.7. The van der Waals surface area contributed by atoms with Crippen molar-refractivity contribution in [2.75, 3.05) is 14.1 Å². The molecule has 33 heavy (non-hydrogen) atoms. The molecule has 1 aromatic carbocycles. The summed E-state index contributed by atoms with van der Waals surface area (Å²) in [6.07, 6.45) is 3.51. The van der Waals surface area contributed by atoms with E-state index in [0.717, 1.165) is 23.5 Å². The number of carbonyl (C=O) groups excluding carboxylic acids is 1. The van der Waals surface area contributed by atoms with E-state index in [0.29, 0.717) is 11.1 Å². The lowest BCUT2D eigenvalue weighted by atomic mass is 9.86. The number of hydrogen-bond acceptors (Lipinski definition) is 7. The SMILES string of the molecule is CC1=C2[C@@]1(C(=O)N(C)C)SC(N)=N[C@]2(C)c1cc(/C=C(\F)c2cnc(C#N)cn2)ccc1F. The first-order chi connectivity index (χ1) is 15.5. The number of nitriles is 1. The quantitative estimate of drug-likeness (QED) is 0.692. The Labute approximate surface area is 193 Å². The molecule has 0 saturated heterocycles. The summed E-state index contributed by atoms with van der Waals surface area (Å²) in [6.45, 7) is 3.53. The van der Waals surface area contributed by atoms with Gasteiger partial charge < -0.3 is 10.6 Å². The van der Waals surface area contributed by atoms with Crippen molar-refractivity contribution in [2.24, 2.45) is 10.7 Å². The number of nitrogens with two attached hydrogens (primary N) is 1. The van der Waals surface area contributed by atoms with E-state index in [1.807, 2.05) is 13.0 Å². The summed E-state index contributed by atoms with van der Waals surface area (Å²) in [5.74, 6) is -1.41. The Morgan fingerprint density at radius 2 is 2.03 bits per heavy atom. The van der Waals surface area contributed by atoms with Crippen molar-refractivity contribution in [1.82, 2.24) is 14.9 Å². The second-order valence-corrected chi connectivity index (χ2v) is 9.37. The van der Waals surface area contributed by atoms with Crippen molar-refractivity contribution in [3.05, 3.63) is 70.1 Å². The molecule has 2 aromatic rings. The molecule has 2 N–H and O–H groups in total. The molecule has 2 heterocycles. The molecule has 0 bridgehead atoms. The number of benzene rings is 1. The lowest BCUT2D eigenvalue weighted by Gasteiger charge is -2.34. The highest BCUT2D eigenvalue weighted by Crippen LogP contribution is 2.65. The summed E-state index contributed by atoms with van der Waals surface area (Å²) in [5.41, 5.74) is 6.92. The summed E-state index contributed by atoms with van der Waals surface area (Å²) in [5, 5.41) is 8.98. The molecule has 0 unspecified atom stereocenters. The Morgan fingerprint density at radius 1 is 1.30 bits per heavy atom. The number of halogens is 2. The van der Waals surface area contributed by atoms with Gasteiger partial charge in [-0.1, -0.05) is 17.8 Å². The van der Waals surface area contributed by atoms with Crippen LogP contribution in [-0.2, 0) is 10.3 Å². The summed E-state index contributed by atoms with van der Waals surface area (Å²) < 4.78 is 28.9. The van der Waals surface area contributed by atoms with Crippen molar-refractivity contribution in [2.45, 2.75) is 24.1 Å². The summed E-state index contributed by atoms with van der Waals surface area (Å²) in [4.78, 5) is 26.7. The fraction of sp³-hybridized carbons (Fsp3) is 0.261. The van der Waals surface area contributed by atoms with E-state index < -0.39 is 21.9 Å². The number of aromatic nitrogens is 2. The van der Waals surface area contributed by atoms with Crippen LogP contribution in [0.3, 0.4) is 0 Å². The van der Waals surface area contributed by atoms with Crippen LogP contribution >= 0.6 is 11.8 Å². The highest BCUT2D eigenvalue weighted by atomic mass is 32.2. The maximum Gasteiger partial charge on any atom is 0.247 e. The molecule has 0 saturated carbocycles. The van der Waals surface area contributed by atoms with Crippen LogP contribution in [0.4, 0.5) is 8.78 Å². The molecule has 0 spiro atoms. The summed E-state index contributed by atoms with van der Waals surface area (Å²) >= 11 is 1.16. The number of hydrogen-bond donors (Lipinski definition) is 1. The Morgan fingerprint density at radius 3 is 2.64 bits per heavy atom. The van der Waals surface area contributed by atoms with Crippen LogP contribution in [0.15, 0.2) is 46.7 Å². The minimum Gasteiger partial charge on any atom is -0.378 e. The van der Waals surface area contributed by atoms with Gasteiger partial charge in [0.05, 0.1) is 12.4 Å². The number of amidine groups is 1. The average molecular weight is 467 g/mol. The Kier molecular flexibility index (Phi) is 5.33. The van der Waals surface area contributed by atoms with Gasteiger partial charge in [0, 0.05) is 19.7 Å². The van der Waals surface area contributed by atoms with Crippen molar-refractivity contribution >= 4 is 34.7 Å². The van der Waals surface area contributed by atoms with E-state index in [9.17, 15) is 9.18 Å². The number of thioether (sulfide) groups is 1. The van der Waals surface area contributed by atoms with Crippen LogP contribution in [0.25, 0.3) is 11.9 Å². The van der Waals surface area contributed by atoms with Crippen LogP contribution in [0.5, 0.6) is 0 Å². The Hall–Kier alpha value is -3.58. The standard InChI is InChI=1S/C23H20F2N6OS/c1-12-19-22(2,30-21(27)33-23(12,19)20(32)31(3)4)15-7-13(5-6-16(15)24)8-17(25)18-11-28-14(9-26)10-29-18/h5-8,10-11H,1-4H3,(H2,27,30)/b17-8-/t22-,23+/m1/s1. The topological polar surface area (TPSA) is 108 Å². The highest BCUT2D eigenvalue weighted by Gasteiger charge is 2.67. The minimum atomic E-state index is -1.22. The van der Waals surface area contributed by atoms with Gasteiger partial charge in [0.2, 0.25) is 5.91 Å². The lowest BCUT2D eigenvalue weighted by molar-refractivity contribution is -0.128. The van der Waals surface area contributed by atoms with Crippen LogP contribution in [0.1, 0.15) is 36.4 Å². The van der Waals surface area contributed by atoms with Gasteiger partial charge in [-0.2, -0.15) is 5.26 Å². The molecule has 7 nitrogen and oxygen atoms in total. The van der Waals surface area contributed by atoms with E-state index in [1.165, 1.54) is 35.4 Å². The van der Waals surface area contributed by atoms with Gasteiger partial charge in [0.1, 0.15) is 27.9 Å². The maximum atomic E-state index is 15.1. The van der Waals surface area contributed by atoms with E-state index >= 15 is 4.39 Å². The predicted octanol–water partition coefficient (Wildman–Crippen LogP) is 3.39. The molecular weight excluding hydrogens is 446 g/mol. The minimum absolute atomic E-state index is 0.0567. The molecular formula is C23H20F2N6OS. The number of carbonyl (C=O) groups is 1. The number of aliphatic imine (C=N–C) groups is 1. The molecule has 1 aromatic heterocycles. The number of nitrogens with zero attached hydrogens (tertiary/aromatic N) is 5. The van der Waals surface area contributed by atoms with E-state index in [1.54, 1.807) is 21.0 Å². The Balaban J connectivity index is 1.77. The smallest absolute Gasteiger partial charge is 0.247 e. The summed E-state index contributed by atoms with van der Waals surface area (Å²) in [7, 11) is 3.31. The van der Waals surface area contributed by atoms with Gasteiger partial charge in [-0.15, -0.1) is 0 Å². The normalized spacial score (nSPS) is 24.0. The van der Waals surface area contributed by atoms with Crippen LogP contribution < -0.4 is 5.73 Å². The second-order valence-electron chi connectivity index (χ2n) is 8.14. The van der Waals surface area contributed by atoms with E-state index in [-0.39, 0.29) is 28.0 Å². The van der Waals surface area contributed by atoms with Crippen LogP contribution in [0, 0.1) is 17.1 Å². The second kappa shape index (κ2) is 7.78. The van der Waals surface area contributed by atoms with Crippen molar-refractivity contribution in [1.29, 1.82) is 5.26 Å². The van der Waals surface area contributed by atoms with Gasteiger partial charge in [-0.05, 0) is 48.8 Å². The average Bonchev–Trinajstić information content (AvgIpc) is 3.39. The van der Waals surface area contributed by atoms with E-state index in [2.05, 4.69) is 15.0 Å². The molecule has 1 aliphatic carbocycles. The monoisotopic (exact) mass is 466 g/mol. The van der Waals surface area contributed by atoms with Gasteiger partial charge in [0.25, 0.3) is 0 Å². The van der Waals surface area contributed by atoms with Crippen LogP contribution in [-0.4, -0.2) is 44.8 Å². The number of rotatable bonds is 4. The Bertz CT molecular complexity index is 1310. The van der Waals surface area contributed by atoms with E-state index in [4.69, 9.17) is 11.0 Å². The summed E-state index contributed by atoms with van der Waals surface area (Å²) in [6, 6.07) is 5.96. The molecule has 10 heteroatoms. The molecule has 168 valence electrons. The van der Waals surface area contributed by atoms with Gasteiger partial charge in [-0.25, -0.2) is 23.7 Å². The zero-order valence-electron chi connectivity index (χ0n) is 18.3. The van der Waals surface area contributed by atoms with Crippen molar-refractivity contribution in [3.8, 4) is 6.07 Å². The maximum absolute atomic E-state index is 15.1. The number of amides is 1. The zero-order valence-corrected chi connectivity index (χ0v) is 19.2. The number of fused-ring (bicyclic) bond motifs is 1. The van der Waals surface area contributed by atoms with Gasteiger partial charge in [0.15, 0.2) is 16.7 Å². The molecule has 1 aliphatic heterocycles. The van der Waals surface area contributed by atoms with Crippen LogP contribution in [0.2, 0.25) is 0 Å². The lowest BCUT2D eigenvalue weighted by Crippen LogP contribution is -2.44. The van der Waals surface area contributed by atoms with Gasteiger partial charge >= 0.3 is 0 Å². The first kappa shape index (κ1) is 22.6.